The standard InChI is InChI=1S/C15H10FNO2/c16-10-4-3-5-11(8-10)17-9-13(15(18)19)12-6-1-2-7-14(12)17/h1-9H,(H,18,19). The van der Waals surface area contributed by atoms with Crippen LogP contribution in [0.3, 0.4) is 0 Å². The van der Waals surface area contributed by atoms with Gasteiger partial charge in [0.05, 0.1) is 11.1 Å². The minimum atomic E-state index is -0.994. The van der Waals surface area contributed by atoms with Crippen LogP contribution in [-0.2, 0) is 0 Å². The molecule has 0 radical (unpaired) electrons. The van der Waals surface area contributed by atoms with Gasteiger partial charge in [0, 0.05) is 17.3 Å². The van der Waals surface area contributed by atoms with Crippen LogP contribution >= 0.6 is 0 Å². The summed E-state index contributed by atoms with van der Waals surface area (Å²) in [5.41, 5.74) is 1.55. The van der Waals surface area contributed by atoms with Crippen LogP contribution in [0, 0.1) is 5.82 Å². The number of hydrogen-bond acceptors (Lipinski definition) is 1. The monoisotopic (exact) mass is 255 g/mol. The van der Waals surface area contributed by atoms with Crippen molar-refractivity contribution in [2.45, 2.75) is 0 Å². The van der Waals surface area contributed by atoms with Gasteiger partial charge in [-0.3, -0.25) is 0 Å². The molecule has 0 aliphatic rings. The molecule has 0 atom stereocenters. The fraction of sp³-hybridized carbons (Fsp3) is 0. The molecule has 2 aromatic carbocycles. The largest absolute Gasteiger partial charge is 0.478 e. The summed E-state index contributed by atoms with van der Waals surface area (Å²) >= 11 is 0. The first-order chi connectivity index (χ1) is 9.16. The summed E-state index contributed by atoms with van der Waals surface area (Å²) in [4.78, 5) is 11.2. The molecule has 1 N–H and O–H groups in total. The molecule has 0 aliphatic carbocycles. The molecule has 0 saturated heterocycles. The molecule has 19 heavy (non-hydrogen) atoms. The van der Waals surface area contributed by atoms with Gasteiger partial charge in [-0.1, -0.05) is 24.3 Å². The number of carboxylic acids is 1. The molecule has 0 amide bonds. The molecular weight excluding hydrogens is 245 g/mol. The van der Waals surface area contributed by atoms with E-state index in [0.717, 1.165) is 5.52 Å². The average molecular weight is 255 g/mol. The van der Waals surface area contributed by atoms with Gasteiger partial charge in [0.15, 0.2) is 0 Å². The van der Waals surface area contributed by atoms with Crippen LogP contribution in [0.25, 0.3) is 16.6 Å². The van der Waals surface area contributed by atoms with Crippen LogP contribution in [0.15, 0.2) is 54.7 Å². The molecule has 0 aliphatic heterocycles. The van der Waals surface area contributed by atoms with Gasteiger partial charge >= 0.3 is 5.97 Å². The lowest BCUT2D eigenvalue weighted by molar-refractivity contribution is 0.0699. The highest BCUT2D eigenvalue weighted by Gasteiger charge is 2.14. The van der Waals surface area contributed by atoms with E-state index in [0.29, 0.717) is 11.1 Å². The Labute approximate surface area is 108 Å². The second-order valence-corrected chi connectivity index (χ2v) is 4.21. The number of carboxylic acid groups (broad SMARTS) is 1. The highest BCUT2D eigenvalue weighted by molar-refractivity contribution is 6.04. The maximum Gasteiger partial charge on any atom is 0.337 e. The Hall–Kier alpha value is -2.62. The second-order valence-electron chi connectivity index (χ2n) is 4.21. The van der Waals surface area contributed by atoms with E-state index in [9.17, 15) is 14.3 Å². The Balaban J connectivity index is 2.33. The molecule has 0 unspecified atom stereocenters. The van der Waals surface area contributed by atoms with E-state index < -0.39 is 5.97 Å². The van der Waals surface area contributed by atoms with Gasteiger partial charge in [0.2, 0.25) is 0 Å². The molecule has 0 saturated carbocycles. The molecule has 94 valence electrons. The third kappa shape index (κ3) is 1.87. The minimum absolute atomic E-state index is 0.208. The summed E-state index contributed by atoms with van der Waals surface area (Å²) in [6.07, 6.45) is 1.52. The third-order valence-electron chi connectivity index (χ3n) is 3.03. The summed E-state index contributed by atoms with van der Waals surface area (Å²) in [5, 5.41) is 9.85. The van der Waals surface area contributed by atoms with Crippen molar-refractivity contribution in [3.8, 4) is 5.69 Å². The number of para-hydroxylation sites is 1. The number of hydrogen-bond donors (Lipinski definition) is 1. The van der Waals surface area contributed by atoms with E-state index in [1.54, 1.807) is 28.8 Å². The fourth-order valence-electron chi connectivity index (χ4n) is 2.19. The molecule has 0 fully saturated rings. The number of nitrogens with zero attached hydrogens (tertiary/aromatic N) is 1. The van der Waals surface area contributed by atoms with Gasteiger partial charge in [0.1, 0.15) is 5.82 Å². The van der Waals surface area contributed by atoms with Crippen LogP contribution in [0.1, 0.15) is 10.4 Å². The zero-order chi connectivity index (χ0) is 13.4. The van der Waals surface area contributed by atoms with Crippen LogP contribution < -0.4 is 0 Å². The van der Waals surface area contributed by atoms with Gasteiger partial charge in [-0.15, -0.1) is 0 Å². The van der Waals surface area contributed by atoms with Gasteiger partial charge in [-0.25, -0.2) is 9.18 Å². The summed E-state index contributed by atoms with van der Waals surface area (Å²) in [7, 11) is 0. The number of carbonyl (C=O) groups is 1. The summed E-state index contributed by atoms with van der Waals surface area (Å²) in [6.45, 7) is 0. The van der Waals surface area contributed by atoms with E-state index >= 15 is 0 Å². The molecule has 3 aromatic rings. The van der Waals surface area contributed by atoms with Gasteiger partial charge in [-0.05, 0) is 24.3 Å². The van der Waals surface area contributed by atoms with Crippen LogP contribution in [0.5, 0.6) is 0 Å². The van der Waals surface area contributed by atoms with Crippen molar-refractivity contribution < 1.29 is 14.3 Å². The van der Waals surface area contributed by atoms with Crippen molar-refractivity contribution in [3.63, 3.8) is 0 Å². The number of rotatable bonds is 2. The number of benzene rings is 2. The van der Waals surface area contributed by atoms with Crippen molar-refractivity contribution in [2.75, 3.05) is 0 Å². The molecule has 0 bridgehead atoms. The van der Waals surface area contributed by atoms with Crippen molar-refractivity contribution in [1.82, 2.24) is 4.57 Å². The number of halogens is 1. The van der Waals surface area contributed by atoms with Gasteiger partial charge in [0.25, 0.3) is 0 Å². The Kier molecular flexibility index (Phi) is 2.56. The summed E-state index contributed by atoms with van der Waals surface area (Å²) in [5.74, 6) is -1.35. The zero-order valence-electron chi connectivity index (χ0n) is 9.88. The maximum atomic E-state index is 13.3. The predicted molar refractivity (Wildman–Crippen MR) is 70.2 cm³/mol. The number of aromatic nitrogens is 1. The van der Waals surface area contributed by atoms with Crippen molar-refractivity contribution >= 4 is 16.9 Å². The van der Waals surface area contributed by atoms with E-state index in [1.165, 1.54) is 18.3 Å². The summed E-state index contributed by atoms with van der Waals surface area (Å²) < 4.78 is 15.0. The zero-order valence-corrected chi connectivity index (χ0v) is 9.88. The first-order valence-corrected chi connectivity index (χ1v) is 5.76. The fourth-order valence-corrected chi connectivity index (χ4v) is 2.19. The third-order valence-corrected chi connectivity index (χ3v) is 3.03. The molecule has 3 rings (SSSR count). The van der Waals surface area contributed by atoms with Crippen LogP contribution in [0.2, 0.25) is 0 Å². The van der Waals surface area contributed by atoms with E-state index in [4.69, 9.17) is 0 Å². The molecular formula is C15H10FNO2. The van der Waals surface area contributed by atoms with E-state index in [2.05, 4.69) is 0 Å². The number of aromatic carboxylic acids is 1. The number of fused-ring (bicyclic) bond motifs is 1. The van der Waals surface area contributed by atoms with Crippen LogP contribution in [0.4, 0.5) is 4.39 Å². The van der Waals surface area contributed by atoms with Crippen LogP contribution in [-0.4, -0.2) is 15.6 Å². The molecule has 0 spiro atoms. The quantitative estimate of drug-likeness (QED) is 0.761. The molecule has 1 heterocycles. The van der Waals surface area contributed by atoms with Gasteiger partial charge < -0.3 is 9.67 Å². The Morgan fingerprint density at radius 1 is 1.11 bits per heavy atom. The predicted octanol–water partition coefficient (Wildman–Crippen LogP) is 3.47. The van der Waals surface area contributed by atoms with Crippen molar-refractivity contribution in [2.24, 2.45) is 0 Å². The van der Waals surface area contributed by atoms with Crippen molar-refractivity contribution in [3.05, 3.63) is 66.1 Å². The molecule has 4 heteroatoms. The topological polar surface area (TPSA) is 42.2 Å². The molecule has 1 aromatic heterocycles. The smallest absolute Gasteiger partial charge is 0.337 e. The SMILES string of the molecule is O=C(O)c1cn(-c2cccc(F)c2)c2ccccc12. The first-order valence-electron chi connectivity index (χ1n) is 5.76. The lowest BCUT2D eigenvalue weighted by atomic mass is 10.2. The lowest BCUT2D eigenvalue weighted by Crippen LogP contribution is -1.95. The Morgan fingerprint density at radius 2 is 1.89 bits per heavy atom. The Morgan fingerprint density at radius 3 is 2.63 bits per heavy atom. The highest BCUT2D eigenvalue weighted by Crippen LogP contribution is 2.25. The maximum absolute atomic E-state index is 13.3. The van der Waals surface area contributed by atoms with E-state index in [1.807, 2.05) is 12.1 Å². The molecule has 3 nitrogen and oxygen atoms in total. The lowest BCUT2D eigenvalue weighted by Gasteiger charge is -2.04. The summed E-state index contributed by atoms with van der Waals surface area (Å²) in [6, 6.07) is 13.2. The second kappa shape index (κ2) is 4.24. The van der Waals surface area contributed by atoms with Gasteiger partial charge in [-0.2, -0.15) is 0 Å². The van der Waals surface area contributed by atoms with E-state index in [-0.39, 0.29) is 11.4 Å². The van der Waals surface area contributed by atoms with Crippen molar-refractivity contribution in [1.29, 1.82) is 0 Å². The Bertz CT molecular complexity index is 777. The first kappa shape index (κ1) is 11.5. The minimum Gasteiger partial charge on any atom is -0.478 e. The average Bonchev–Trinajstić information content (AvgIpc) is 2.78. The highest BCUT2D eigenvalue weighted by atomic mass is 19.1. The normalized spacial score (nSPS) is 10.8.